The molecule has 0 saturated carbocycles. The average Bonchev–Trinajstić information content (AvgIpc) is 2.92. The molecule has 6 heteroatoms. The van der Waals surface area contributed by atoms with Crippen LogP contribution in [-0.2, 0) is 4.79 Å². The topological polar surface area (TPSA) is 63.2 Å². The van der Waals surface area contributed by atoms with E-state index in [1.54, 1.807) is 11.3 Å². The van der Waals surface area contributed by atoms with Crippen LogP contribution < -0.4 is 15.4 Å². The first-order chi connectivity index (χ1) is 9.22. The predicted molar refractivity (Wildman–Crippen MR) is 74.7 cm³/mol. The van der Waals surface area contributed by atoms with E-state index in [2.05, 4.69) is 22.5 Å². The van der Waals surface area contributed by atoms with Crippen LogP contribution in [0, 0.1) is 0 Å². The molecule has 0 fully saturated rings. The number of carbonyl (C=O) groups excluding carboxylic acids is 1. The van der Waals surface area contributed by atoms with Gasteiger partial charge in [0.05, 0.1) is 17.2 Å². The van der Waals surface area contributed by atoms with E-state index < -0.39 is 0 Å². The molecule has 2 heterocycles. The molecule has 0 aliphatic carbocycles. The zero-order valence-electron chi connectivity index (χ0n) is 10.3. The van der Waals surface area contributed by atoms with Crippen LogP contribution in [0.4, 0.5) is 11.4 Å². The van der Waals surface area contributed by atoms with Crippen molar-refractivity contribution >= 4 is 28.6 Å². The lowest BCUT2D eigenvalue weighted by Crippen LogP contribution is -2.25. The molecule has 1 aliphatic rings. The quantitative estimate of drug-likeness (QED) is 0.904. The van der Waals surface area contributed by atoms with E-state index in [1.807, 2.05) is 29.9 Å². The van der Waals surface area contributed by atoms with E-state index in [9.17, 15) is 4.79 Å². The van der Waals surface area contributed by atoms with Gasteiger partial charge >= 0.3 is 0 Å². The summed E-state index contributed by atoms with van der Waals surface area (Å²) in [5.74, 6) is 0.579. The lowest BCUT2D eigenvalue weighted by Gasteiger charge is -2.20. The Morgan fingerprint density at radius 1 is 1.53 bits per heavy atom. The maximum absolute atomic E-state index is 11.3. The smallest absolute Gasteiger partial charge is 0.262 e. The molecule has 1 aromatic carbocycles. The predicted octanol–water partition coefficient (Wildman–Crippen LogP) is 2.65. The molecular formula is C13H13N3O2S. The SMILES string of the molecule is CC(Nc1ccc2c(c1)NC(=O)CO2)c1cncs1. The molecule has 1 amide bonds. The highest BCUT2D eigenvalue weighted by Crippen LogP contribution is 2.32. The molecule has 19 heavy (non-hydrogen) atoms. The molecule has 3 rings (SSSR count). The lowest BCUT2D eigenvalue weighted by atomic mass is 10.2. The molecule has 5 nitrogen and oxygen atoms in total. The molecule has 1 aromatic heterocycles. The van der Waals surface area contributed by atoms with E-state index in [0.717, 1.165) is 10.6 Å². The van der Waals surface area contributed by atoms with Gasteiger partial charge in [-0.05, 0) is 25.1 Å². The Kier molecular flexibility index (Phi) is 3.08. The Labute approximate surface area is 114 Å². The maximum atomic E-state index is 11.3. The summed E-state index contributed by atoms with van der Waals surface area (Å²) in [6.45, 7) is 2.15. The van der Waals surface area contributed by atoms with E-state index in [4.69, 9.17) is 4.74 Å². The molecule has 0 radical (unpaired) electrons. The van der Waals surface area contributed by atoms with Gasteiger partial charge in [-0.25, -0.2) is 0 Å². The summed E-state index contributed by atoms with van der Waals surface area (Å²) in [7, 11) is 0. The van der Waals surface area contributed by atoms with Gasteiger partial charge < -0.3 is 15.4 Å². The fourth-order valence-corrected chi connectivity index (χ4v) is 2.56. The van der Waals surface area contributed by atoms with Crippen LogP contribution in [-0.4, -0.2) is 17.5 Å². The van der Waals surface area contributed by atoms with Gasteiger partial charge in [-0.3, -0.25) is 9.78 Å². The number of fused-ring (bicyclic) bond motifs is 1. The number of thiazole rings is 1. The fourth-order valence-electron chi connectivity index (χ4n) is 1.93. The van der Waals surface area contributed by atoms with Crippen molar-refractivity contribution in [2.45, 2.75) is 13.0 Å². The number of rotatable bonds is 3. The van der Waals surface area contributed by atoms with Gasteiger partial charge in [0, 0.05) is 16.8 Å². The number of ether oxygens (including phenoxy) is 1. The summed E-state index contributed by atoms with van der Waals surface area (Å²) in [5, 5.41) is 6.17. The molecule has 98 valence electrons. The molecule has 1 unspecified atom stereocenters. The number of anilines is 2. The molecule has 1 aliphatic heterocycles. The van der Waals surface area contributed by atoms with E-state index in [-0.39, 0.29) is 18.6 Å². The minimum absolute atomic E-state index is 0.0804. The monoisotopic (exact) mass is 275 g/mol. The Hall–Kier alpha value is -2.08. The molecule has 0 bridgehead atoms. The second kappa shape index (κ2) is 4.89. The average molecular weight is 275 g/mol. The first-order valence-electron chi connectivity index (χ1n) is 5.94. The minimum atomic E-state index is -0.125. The number of amides is 1. The summed E-state index contributed by atoms with van der Waals surface area (Å²) in [5.41, 5.74) is 3.46. The normalized spacial score (nSPS) is 15.1. The zero-order valence-corrected chi connectivity index (χ0v) is 11.2. The van der Waals surface area contributed by atoms with Gasteiger partial charge in [-0.1, -0.05) is 0 Å². The van der Waals surface area contributed by atoms with Gasteiger partial charge in [0.15, 0.2) is 6.61 Å². The molecule has 2 N–H and O–H groups in total. The second-order valence-corrected chi connectivity index (χ2v) is 5.24. The van der Waals surface area contributed by atoms with Crippen molar-refractivity contribution in [3.63, 3.8) is 0 Å². The highest BCUT2D eigenvalue weighted by molar-refractivity contribution is 7.09. The molecule has 0 saturated heterocycles. The van der Waals surface area contributed by atoms with Crippen LogP contribution >= 0.6 is 11.3 Å². The second-order valence-electron chi connectivity index (χ2n) is 4.32. The number of hydrogen-bond donors (Lipinski definition) is 2. The summed E-state index contributed by atoms with van der Waals surface area (Å²) in [6, 6.07) is 5.85. The highest BCUT2D eigenvalue weighted by atomic mass is 32.1. The van der Waals surface area contributed by atoms with Crippen molar-refractivity contribution in [2.24, 2.45) is 0 Å². The highest BCUT2D eigenvalue weighted by Gasteiger charge is 2.16. The van der Waals surface area contributed by atoms with E-state index in [0.29, 0.717) is 11.4 Å². The molecule has 1 atom stereocenters. The molecular weight excluding hydrogens is 262 g/mol. The van der Waals surface area contributed by atoms with Crippen molar-refractivity contribution in [1.29, 1.82) is 0 Å². The number of aromatic nitrogens is 1. The van der Waals surface area contributed by atoms with Crippen LogP contribution in [0.15, 0.2) is 29.9 Å². The first kappa shape index (κ1) is 12.0. The van der Waals surface area contributed by atoms with Crippen molar-refractivity contribution < 1.29 is 9.53 Å². The Morgan fingerprint density at radius 3 is 3.21 bits per heavy atom. The van der Waals surface area contributed by atoms with Gasteiger partial charge in [0.1, 0.15) is 5.75 Å². The van der Waals surface area contributed by atoms with Crippen molar-refractivity contribution in [3.05, 3.63) is 34.8 Å². The lowest BCUT2D eigenvalue weighted by molar-refractivity contribution is -0.118. The van der Waals surface area contributed by atoms with Crippen LogP contribution in [0.3, 0.4) is 0 Å². The van der Waals surface area contributed by atoms with Crippen LogP contribution in [0.25, 0.3) is 0 Å². The van der Waals surface area contributed by atoms with E-state index >= 15 is 0 Å². The van der Waals surface area contributed by atoms with Crippen LogP contribution in [0.2, 0.25) is 0 Å². The van der Waals surface area contributed by atoms with Gasteiger partial charge in [0.2, 0.25) is 0 Å². The standard InChI is InChI=1S/C13H13N3O2S/c1-8(12-5-14-7-19-12)15-9-2-3-11-10(4-9)16-13(17)6-18-11/h2-5,7-8,15H,6H2,1H3,(H,16,17). The number of benzene rings is 1. The van der Waals surface area contributed by atoms with E-state index in [1.165, 1.54) is 0 Å². The third-order valence-electron chi connectivity index (χ3n) is 2.87. The number of nitrogens with zero attached hydrogens (tertiary/aromatic N) is 1. The Morgan fingerprint density at radius 2 is 2.42 bits per heavy atom. The number of nitrogens with one attached hydrogen (secondary N) is 2. The van der Waals surface area contributed by atoms with Crippen molar-refractivity contribution in [1.82, 2.24) is 4.98 Å². The third kappa shape index (κ3) is 2.53. The van der Waals surface area contributed by atoms with Gasteiger partial charge in [-0.2, -0.15) is 0 Å². The van der Waals surface area contributed by atoms with Crippen molar-refractivity contribution in [2.75, 3.05) is 17.2 Å². The minimum Gasteiger partial charge on any atom is -0.482 e. The molecule has 2 aromatic rings. The first-order valence-corrected chi connectivity index (χ1v) is 6.82. The Balaban J connectivity index is 1.79. The molecule has 0 spiro atoms. The van der Waals surface area contributed by atoms with Crippen LogP contribution in [0.1, 0.15) is 17.8 Å². The Bertz CT molecular complexity index is 598. The maximum Gasteiger partial charge on any atom is 0.262 e. The van der Waals surface area contributed by atoms with Crippen LogP contribution in [0.5, 0.6) is 5.75 Å². The number of carbonyl (C=O) groups is 1. The third-order valence-corrected chi connectivity index (χ3v) is 3.83. The number of hydrogen-bond acceptors (Lipinski definition) is 5. The largest absolute Gasteiger partial charge is 0.482 e. The summed E-state index contributed by atoms with van der Waals surface area (Å²) < 4.78 is 5.32. The fraction of sp³-hybridized carbons (Fsp3) is 0.231. The van der Waals surface area contributed by atoms with Gasteiger partial charge in [0.25, 0.3) is 5.91 Å². The summed E-state index contributed by atoms with van der Waals surface area (Å²) >= 11 is 1.61. The van der Waals surface area contributed by atoms with Crippen molar-refractivity contribution in [3.8, 4) is 5.75 Å². The van der Waals surface area contributed by atoms with Gasteiger partial charge in [-0.15, -0.1) is 11.3 Å². The summed E-state index contributed by atoms with van der Waals surface area (Å²) in [6.07, 6.45) is 1.85. The zero-order chi connectivity index (χ0) is 13.2. The summed E-state index contributed by atoms with van der Waals surface area (Å²) in [4.78, 5) is 16.5.